The second-order valence-electron chi connectivity index (χ2n) is 10.4. The number of anilines is 1. The minimum Gasteiger partial charge on any atom is -0.347 e. The fraction of sp³-hybridized carbons (Fsp3) is 0.143. The van der Waals surface area contributed by atoms with Crippen LogP contribution in [0.1, 0.15) is 30.5 Å². The number of allylic oxidation sites excluding steroid dienone is 5. The summed E-state index contributed by atoms with van der Waals surface area (Å²) in [6, 6.07) is 32.9. The highest BCUT2D eigenvalue weighted by Gasteiger charge is 2.40. The number of carbonyl (C=O) groups is 1. The maximum absolute atomic E-state index is 14.2. The topological polar surface area (TPSA) is 94.9 Å². The number of rotatable bonds is 5. The van der Waals surface area contributed by atoms with E-state index >= 15 is 0 Å². The maximum Gasteiger partial charge on any atom is 0.260 e. The Balaban J connectivity index is 1.73. The highest BCUT2D eigenvalue weighted by Crippen LogP contribution is 2.47. The smallest absolute Gasteiger partial charge is 0.260 e. The average molecular weight is 534 g/mol. The molecule has 6 nitrogen and oxygen atoms in total. The zero-order valence-electron chi connectivity index (χ0n) is 23.1. The van der Waals surface area contributed by atoms with Crippen LogP contribution in [0.15, 0.2) is 125 Å². The zero-order valence-corrected chi connectivity index (χ0v) is 23.1. The zero-order chi connectivity index (χ0) is 29.1. The van der Waals surface area contributed by atoms with E-state index in [1.165, 1.54) is 10.5 Å². The third-order valence-electron chi connectivity index (χ3n) is 7.67. The minimum absolute atomic E-state index is 0.0138. The van der Waals surface area contributed by atoms with Gasteiger partial charge in [0.25, 0.3) is 5.91 Å². The van der Waals surface area contributed by atoms with Crippen LogP contribution in [0.5, 0.6) is 0 Å². The molecule has 0 bridgehead atoms. The van der Waals surface area contributed by atoms with Crippen LogP contribution in [-0.4, -0.2) is 17.9 Å². The molecular weight excluding hydrogens is 506 g/mol. The molecule has 198 valence electrons. The Morgan fingerprint density at radius 1 is 0.878 bits per heavy atom. The van der Waals surface area contributed by atoms with E-state index in [1.54, 1.807) is 0 Å². The summed E-state index contributed by atoms with van der Waals surface area (Å²) in [4.78, 5) is 17.7. The van der Waals surface area contributed by atoms with Crippen LogP contribution in [0, 0.1) is 34.0 Å². The molecule has 6 heteroatoms. The molecule has 5 rings (SSSR count). The molecule has 0 N–H and O–H groups in total. The Bertz CT molecular complexity index is 1770. The number of hydrogen-bond donors (Lipinski definition) is 0. The van der Waals surface area contributed by atoms with Gasteiger partial charge in [-0.25, -0.2) is 0 Å². The lowest BCUT2D eigenvalue weighted by Gasteiger charge is -2.24. The summed E-state index contributed by atoms with van der Waals surface area (Å²) in [5.74, 6) is -0.431. The van der Waals surface area contributed by atoms with E-state index in [9.17, 15) is 20.6 Å². The van der Waals surface area contributed by atoms with Crippen molar-refractivity contribution in [2.24, 2.45) is 0 Å². The molecule has 0 aliphatic carbocycles. The highest BCUT2D eigenvalue weighted by atomic mass is 16.2. The van der Waals surface area contributed by atoms with Gasteiger partial charge in [-0.05, 0) is 34.4 Å². The molecule has 0 aromatic heterocycles. The second-order valence-corrected chi connectivity index (χ2v) is 10.4. The Hall–Kier alpha value is -5.64. The van der Waals surface area contributed by atoms with Gasteiger partial charge in [0.15, 0.2) is 5.57 Å². The van der Waals surface area contributed by atoms with E-state index in [0.29, 0.717) is 5.57 Å². The number of amides is 1. The first-order valence-corrected chi connectivity index (χ1v) is 13.2. The van der Waals surface area contributed by atoms with Gasteiger partial charge in [0.2, 0.25) is 0 Å². The number of nitriles is 3. The summed E-state index contributed by atoms with van der Waals surface area (Å²) in [6.45, 7) is 4.43. The maximum atomic E-state index is 14.2. The van der Waals surface area contributed by atoms with Crippen molar-refractivity contribution in [3.63, 3.8) is 0 Å². The van der Waals surface area contributed by atoms with E-state index < -0.39 is 5.91 Å². The number of nitrogens with zero attached hydrogens (tertiary/aromatic N) is 5. The van der Waals surface area contributed by atoms with Crippen LogP contribution >= 0.6 is 0 Å². The van der Waals surface area contributed by atoms with Gasteiger partial charge < -0.3 is 9.80 Å². The van der Waals surface area contributed by atoms with Crippen molar-refractivity contribution in [2.45, 2.75) is 25.8 Å². The van der Waals surface area contributed by atoms with E-state index in [-0.39, 0.29) is 34.4 Å². The molecule has 0 fully saturated rings. The molecule has 2 aliphatic rings. The third kappa shape index (κ3) is 4.61. The fourth-order valence-corrected chi connectivity index (χ4v) is 5.67. The Morgan fingerprint density at radius 2 is 1.49 bits per heavy atom. The van der Waals surface area contributed by atoms with E-state index in [0.717, 1.165) is 22.5 Å². The monoisotopic (exact) mass is 533 g/mol. The normalized spacial score (nSPS) is 16.9. The lowest BCUT2D eigenvalue weighted by molar-refractivity contribution is -0.124. The number of fused-ring (bicyclic) bond motifs is 1. The summed E-state index contributed by atoms with van der Waals surface area (Å²) in [5, 5.41) is 30.0. The molecule has 0 spiro atoms. The van der Waals surface area contributed by atoms with Gasteiger partial charge in [-0.2, -0.15) is 15.8 Å². The first-order valence-electron chi connectivity index (χ1n) is 13.2. The minimum atomic E-state index is -0.431. The summed E-state index contributed by atoms with van der Waals surface area (Å²) in [7, 11) is 2.02. The Kier molecular flexibility index (Phi) is 7.13. The van der Waals surface area contributed by atoms with Crippen molar-refractivity contribution in [3.8, 4) is 18.2 Å². The van der Waals surface area contributed by atoms with Crippen LogP contribution < -0.4 is 4.90 Å². The van der Waals surface area contributed by atoms with E-state index in [2.05, 4.69) is 36.9 Å². The number of para-hydroxylation sites is 1. The molecule has 2 aliphatic heterocycles. The molecular formula is C35H27N5O. The van der Waals surface area contributed by atoms with Crippen molar-refractivity contribution in [2.75, 3.05) is 11.9 Å². The molecule has 0 unspecified atom stereocenters. The number of carbonyl (C=O) groups excluding carboxylic acids is 1. The van der Waals surface area contributed by atoms with Gasteiger partial charge in [0.05, 0.1) is 23.4 Å². The first-order chi connectivity index (χ1) is 19.8. The third-order valence-corrected chi connectivity index (χ3v) is 7.67. The SMILES string of the molecule is CN1/C(=C\C=C(\C2=C(C#N)C(=C(C#N)C#N)N(Cc3ccccc3)C2=O)c2ccccc2)C(C)(C)c2ccccc21. The fourth-order valence-electron chi connectivity index (χ4n) is 5.67. The molecule has 1 amide bonds. The van der Waals surface area contributed by atoms with Crippen LogP contribution in [-0.2, 0) is 16.8 Å². The lowest BCUT2D eigenvalue weighted by Crippen LogP contribution is -2.26. The van der Waals surface area contributed by atoms with Gasteiger partial charge in [-0.15, -0.1) is 0 Å². The predicted molar refractivity (Wildman–Crippen MR) is 158 cm³/mol. The Morgan fingerprint density at radius 3 is 2.10 bits per heavy atom. The number of likely N-dealkylation sites (N-methyl/N-ethyl adjacent to an activating group) is 1. The van der Waals surface area contributed by atoms with Gasteiger partial charge in [0, 0.05) is 23.8 Å². The standard InChI is InChI=1S/C35H27N5O/c1-35(2)29-16-10-11-17-30(29)39(3)31(35)19-18-27(25-14-8-5-9-15-25)32-28(22-38)33(26(20-36)21-37)40(34(32)41)23-24-12-6-4-7-13-24/h4-19H,23H2,1-3H3/b27-18+,31-19-. The summed E-state index contributed by atoms with van der Waals surface area (Å²) < 4.78 is 0. The van der Waals surface area contributed by atoms with Gasteiger partial charge in [0.1, 0.15) is 18.2 Å². The van der Waals surface area contributed by atoms with Crippen molar-refractivity contribution in [1.29, 1.82) is 15.8 Å². The molecule has 0 radical (unpaired) electrons. The first kappa shape index (κ1) is 26.9. The number of benzene rings is 3. The van der Waals surface area contributed by atoms with Gasteiger partial charge in [-0.1, -0.05) is 98.8 Å². The van der Waals surface area contributed by atoms with Crippen molar-refractivity contribution < 1.29 is 4.79 Å². The molecule has 2 heterocycles. The highest BCUT2D eigenvalue weighted by molar-refractivity contribution is 6.15. The van der Waals surface area contributed by atoms with Crippen LogP contribution in [0.3, 0.4) is 0 Å². The largest absolute Gasteiger partial charge is 0.347 e. The van der Waals surface area contributed by atoms with E-state index in [4.69, 9.17) is 0 Å². The van der Waals surface area contributed by atoms with Gasteiger partial charge in [-0.3, -0.25) is 4.79 Å². The Labute approximate surface area is 240 Å². The second kappa shape index (κ2) is 10.9. The van der Waals surface area contributed by atoms with Crippen LogP contribution in [0.25, 0.3) is 5.57 Å². The summed E-state index contributed by atoms with van der Waals surface area (Å²) >= 11 is 0. The predicted octanol–water partition coefficient (Wildman–Crippen LogP) is 6.55. The van der Waals surface area contributed by atoms with Crippen molar-refractivity contribution in [1.82, 2.24) is 4.90 Å². The molecule has 0 saturated heterocycles. The summed E-state index contributed by atoms with van der Waals surface area (Å²) in [5.41, 5.74) is 5.09. The van der Waals surface area contributed by atoms with E-state index in [1.807, 2.05) is 104 Å². The molecule has 3 aromatic carbocycles. The quantitative estimate of drug-likeness (QED) is 0.347. The molecule has 41 heavy (non-hydrogen) atoms. The van der Waals surface area contributed by atoms with Crippen LogP contribution in [0.2, 0.25) is 0 Å². The molecule has 0 saturated carbocycles. The lowest BCUT2D eigenvalue weighted by atomic mass is 9.83. The van der Waals surface area contributed by atoms with Crippen LogP contribution in [0.4, 0.5) is 5.69 Å². The average Bonchev–Trinajstić information content (AvgIpc) is 3.37. The van der Waals surface area contributed by atoms with Crippen molar-refractivity contribution in [3.05, 3.63) is 142 Å². The molecule has 0 atom stereocenters. The summed E-state index contributed by atoms with van der Waals surface area (Å²) in [6.07, 6.45) is 3.87. The van der Waals surface area contributed by atoms with Gasteiger partial charge >= 0.3 is 0 Å². The molecule has 3 aromatic rings. The van der Waals surface area contributed by atoms with Crippen molar-refractivity contribution >= 4 is 17.2 Å². The number of hydrogen-bond acceptors (Lipinski definition) is 5.